The SMILES string of the molecule is Cc1cc(NC(=O)C2CCC(=O)N2)c(F)cc1F. The molecule has 1 aliphatic rings. The molecule has 1 unspecified atom stereocenters. The number of carbonyl (C=O) groups is 2. The van der Waals surface area contributed by atoms with Gasteiger partial charge in [-0.05, 0) is 25.0 Å². The lowest BCUT2D eigenvalue weighted by Crippen LogP contribution is -2.37. The standard InChI is InChI=1S/C12H12F2N2O2/c1-6-4-10(8(14)5-7(6)13)16-12(18)9-2-3-11(17)15-9/h4-5,9H,2-3H2,1H3,(H,15,17)(H,16,18). The second-order valence-electron chi connectivity index (χ2n) is 4.23. The Morgan fingerprint density at radius 1 is 1.39 bits per heavy atom. The zero-order valence-electron chi connectivity index (χ0n) is 9.72. The van der Waals surface area contributed by atoms with Crippen LogP contribution in [0.2, 0.25) is 0 Å². The van der Waals surface area contributed by atoms with E-state index in [1.807, 2.05) is 0 Å². The molecule has 0 radical (unpaired) electrons. The molecule has 1 atom stereocenters. The summed E-state index contributed by atoms with van der Waals surface area (Å²) in [5, 5.41) is 4.82. The fourth-order valence-corrected chi connectivity index (χ4v) is 1.78. The Kier molecular flexibility index (Phi) is 3.27. The fourth-order valence-electron chi connectivity index (χ4n) is 1.78. The average molecular weight is 254 g/mol. The topological polar surface area (TPSA) is 58.2 Å². The van der Waals surface area contributed by atoms with Crippen molar-refractivity contribution in [3.8, 4) is 0 Å². The van der Waals surface area contributed by atoms with Crippen LogP contribution in [0.15, 0.2) is 12.1 Å². The minimum absolute atomic E-state index is 0.0833. The maximum atomic E-state index is 13.4. The number of amides is 2. The van der Waals surface area contributed by atoms with E-state index in [4.69, 9.17) is 0 Å². The maximum absolute atomic E-state index is 13.4. The molecule has 1 aliphatic heterocycles. The van der Waals surface area contributed by atoms with E-state index >= 15 is 0 Å². The predicted molar refractivity (Wildman–Crippen MR) is 60.9 cm³/mol. The molecule has 1 fully saturated rings. The van der Waals surface area contributed by atoms with Crippen molar-refractivity contribution in [2.24, 2.45) is 0 Å². The number of benzene rings is 1. The Balaban J connectivity index is 2.12. The molecule has 18 heavy (non-hydrogen) atoms. The Morgan fingerprint density at radius 3 is 2.72 bits per heavy atom. The molecular weight excluding hydrogens is 242 g/mol. The molecule has 0 spiro atoms. The summed E-state index contributed by atoms with van der Waals surface area (Å²) >= 11 is 0. The van der Waals surface area contributed by atoms with Crippen LogP contribution >= 0.6 is 0 Å². The second kappa shape index (κ2) is 4.72. The van der Waals surface area contributed by atoms with Crippen molar-refractivity contribution in [3.05, 3.63) is 29.3 Å². The monoisotopic (exact) mass is 254 g/mol. The molecular formula is C12H12F2N2O2. The van der Waals surface area contributed by atoms with Gasteiger partial charge in [0.1, 0.15) is 17.7 Å². The molecule has 0 saturated carbocycles. The molecule has 4 nitrogen and oxygen atoms in total. The summed E-state index contributed by atoms with van der Waals surface area (Å²) < 4.78 is 26.5. The number of halogens is 2. The van der Waals surface area contributed by atoms with Gasteiger partial charge in [-0.1, -0.05) is 0 Å². The van der Waals surface area contributed by atoms with Crippen molar-refractivity contribution in [1.82, 2.24) is 5.32 Å². The Bertz CT molecular complexity index is 517. The van der Waals surface area contributed by atoms with Gasteiger partial charge < -0.3 is 10.6 Å². The van der Waals surface area contributed by atoms with Gasteiger partial charge in [-0.15, -0.1) is 0 Å². The van der Waals surface area contributed by atoms with Crippen LogP contribution in [0.3, 0.4) is 0 Å². The van der Waals surface area contributed by atoms with Gasteiger partial charge >= 0.3 is 0 Å². The number of carbonyl (C=O) groups excluding carboxylic acids is 2. The van der Waals surface area contributed by atoms with Gasteiger partial charge in [-0.2, -0.15) is 0 Å². The van der Waals surface area contributed by atoms with E-state index in [9.17, 15) is 18.4 Å². The van der Waals surface area contributed by atoms with Crippen LogP contribution in [0.1, 0.15) is 18.4 Å². The van der Waals surface area contributed by atoms with E-state index in [1.54, 1.807) is 0 Å². The predicted octanol–water partition coefficient (Wildman–Crippen LogP) is 1.49. The molecule has 1 saturated heterocycles. The van der Waals surface area contributed by atoms with Gasteiger partial charge in [0.05, 0.1) is 5.69 Å². The van der Waals surface area contributed by atoms with E-state index in [0.717, 1.165) is 6.07 Å². The third-order valence-electron chi connectivity index (χ3n) is 2.82. The summed E-state index contributed by atoms with van der Waals surface area (Å²) in [7, 11) is 0. The molecule has 0 bridgehead atoms. The summed E-state index contributed by atoms with van der Waals surface area (Å²) in [4.78, 5) is 22.7. The zero-order chi connectivity index (χ0) is 13.3. The van der Waals surface area contributed by atoms with Gasteiger partial charge in [-0.3, -0.25) is 9.59 Å². The minimum atomic E-state index is -0.837. The Labute approximate surface area is 102 Å². The highest BCUT2D eigenvalue weighted by molar-refractivity contribution is 5.99. The molecule has 2 rings (SSSR count). The van der Waals surface area contributed by atoms with Crippen LogP contribution in [0.25, 0.3) is 0 Å². The number of hydrogen-bond acceptors (Lipinski definition) is 2. The molecule has 1 aromatic carbocycles. The van der Waals surface area contributed by atoms with Crippen molar-refractivity contribution in [2.45, 2.75) is 25.8 Å². The quantitative estimate of drug-likeness (QED) is 0.840. The zero-order valence-corrected chi connectivity index (χ0v) is 9.72. The largest absolute Gasteiger partial charge is 0.344 e. The minimum Gasteiger partial charge on any atom is -0.344 e. The summed E-state index contributed by atoms with van der Waals surface area (Å²) in [5.74, 6) is -2.20. The lowest BCUT2D eigenvalue weighted by Gasteiger charge is -2.12. The van der Waals surface area contributed by atoms with E-state index < -0.39 is 23.6 Å². The molecule has 2 N–H and O–H groups in total. The molecule has 0 aliphatic carbocycles. The Hall–Kier alpha value is -1.98. The van der Waals surface area contributed by atoms with Crippen molar-refractivity contribution >= 4 is 17.5 Å². The molecule has 2 amide bonds. The third kappa shape index (κ3) is 2.47. The summed E-state index contributed by atoms with van der Waals surface area (Å²) in [6.07, 6.45) is 0.662. The molecule has 96 valence electrons. The van der Waals surface area contributed by atoms with E-state index in [2.05, 4.69) is 10.6 Å². The first-order valence-electron chi connectivity index (χ1n) is 5.53. The first-order valence-corrected chi connectivity index (χ1v) is 5.53. The lowest BCUT2D eigenvalue weighted by atomic mass is 10.1. The van der Waals surface area contributed by atoms with Crippen LogP contribution in [0.5, 0.6) is 0 Å². The highest BCUT2D eigenvalue weighted by Crippen LogP contribution is 2.19. The summed E-state index contributed by atoms with van der Waals surface area (Å²) in [6.45, 7) is 1.47. The molecule has 6 heteroatoms. The molecule has 0 aromatic heterocycles. The van der Waals surface area contributed by atoms with Crippen LogP contribution in [0, 0.1) is 18.6 Å². The molecule has 1 heterocycles. The number of aryl methyl sites for hydroxylation is 1. The van der Waals surface area contributed by atoms with Gasteiger partial charge in [0.15, 0.2) is 0 Å². The number of rotatable bonds is 2. The van der Waals surface area contributed by atoms with Crippen LogP contribution in [-0.4, -0.2) is 17.9 Å². The lowest BCUT2D eigenvalue weighted by molar-refractivity contribution is -0.122. The van der Waals surface area contributed by atoms with Gasteiger partial charge in [0.25, 0.3) is 0 Å². The maximum Gasteiger partial charge on any atom is 0.247 e. The van der Waals surface area contributed by atoms with E-state index in [0.29, 0.717) is 6.42 Å². The average Bonchev–Trinajstić information content (AvgIpc) is 2.73. The molecule has 1 aromatic rings. The van der Waals surface area contributed by atoms with Crippen molar-refractivity contribution in [3.63, 3.8) is 0 Å². The van der Waals surface area contributed by atoms with Gasteiger partial charge in [0, 0.05) is 12.5 Å². The second-order valence-corrected chi connectivity index (χ2v) is 4.23. The number of anilines is 1. The third-order valence-corrected chi connectivity index (χ3v) is 2.82. The van der Waals surface area contributed by atoms with Gasteiger partial charge in [-0.25, -0.2) is 8.78 Å². The normalized spacial score (nSPS) is 18.6. The van der Waals surface area contributed by atoms with Crippen LogP contribution < -0.4 is 10.6 Å². The highest BCUT2D eigenvalue weighted by Gasteiger charge is 2.27. The van der Waals surface area contributed by atoms with Crippen molar-refractivity contribution < 1.29 is 18.4 Å². The smallest absolute Gasteiger partial charge is 0.247 e. The first kappa shape index (κ1) is 12.5. The van der Waals surface area contributed by atoms with Crippen molar-refractivity contribution in [2.75, 3.05) is 5.32 Å². The van der Waals surface area contributed by atoms with Crippen LogP contribution in [-0.2, 0) is 9.59 Å². The van der Waals surface area contributed by atoms with E-state index in [1.165, 1.54) is 13.0 Å². The first-order chi connectivity index (χ1) is 8.47. The Morgan fingerprint density at radius 2 is 2.11 bits per heavy atom. The van der Waals surface area contributed by atoms with Crippen molar-refractivity contribution in [1.29, 1.82) is 0 Å². The van der Waals surface area contributed by atoms with E-state index in [-0.39, 0.29) is 23.6 Å². The summed E-state index contributed by atoms with van der Waals surface area (Å²) in [5.41, 5.74) is 0.155. The highest BCUT2D eigenvalue weighted by atomic mass is 19.1. The fraction of sp³-hybridized carbons (Fsp3) is 0.333. The van der Waals surface area contributed by atoms with Gasteiger partial charge in [0.2, 0.25) is 11.8 Å². The number of nitrogens with one attached hydrogen (secondary N) is 2. The summed E-state index contributed by atoms with van der Waals surface area (Å²) in [6, 6.07) is 1.29. The number of hydrogen-bond donors (Lipinski definition) is 2. The van der Waals surface area contributed by atoms with Crippen LogP contribution in [0.4, 0.5) is 14.5 Å².